The predicted octanol–water partition coefficient (Wildman–Crippen LogP) is 3.10. The molecule has 0 unspecified atom stereocenters. The highest BCUT2D eigenvalue weighted by molar-refractivity contribution is 6.03. The van der Waals surface area contributed by atoms with Crippen molar-refractivity contribution in [2.75, 3.05) is 38.1 Å². The third-order valence-corrected chi connectivity index (χ3v) is 6.18. The summed E-state index contributed by atoms with van der Waals surface area (Å²) in [6, 6.07) is 4.63. The van der Waals surface area contributed by atoms with E-state index in [1.807, 2.05) is 19.1 Å². The van der Waals surface area contributed by atoms with E-state index in [-0.39, 0.29) is 17.2 Å². The maximum absolute atomic E-state index is 13.7. The quantitative estimate of drug-likeness (QED) is 0.719. The second-order valence-electron chi connectivity index (χ2n) is 8.42. The normalized spacial score (nSPS) is 16.8. The van der Waals surface area contributed by atoms with E-state index in [0.717, 1.165) is 22.4 Å². The lowest BCUT2D eigenvalue weighted by Gasteiger charge is -2.37. The van der Waals surface area contributed by atoms with E-state index in [2.05, 4.69) is 20.2 Å². The standard InChI is InChI=1S/C24H26F3N5O2/c1-3-16-11-19-17(12-21(16)33)10-15(13-29-19)14-31-6-8-32(9-7-31)20-5-4-18(23(34)28-2)30-22(20)24(25,26)27/h4-5,10-11,13H,3,6-9,12,14H2,1-2H3,(H,28,34). The van der Waals surface area contributed by atoms with Crippen LogP contribution in [-0.4, -0.2) is 59.8 Å². The molecule has 0 bridgehead atoms. The lowest BCUT2D eigenvalue weighted by Crippen LogP contribution is -2.46. The first-order chi connectivity index (χ1) is 16.2. The number of pyridine rings is 2. The molecule has 4 rings (SSSR count). The molecule has 1 aliphatic heterocycles. The van der Waals surface area contributed by atoms with Gasteiger partial charge in [0, 0.05) is 52.4 Å². The van der Waals surface area contributed by atoms with Crippen LogP contribution in [0.15, 0.2) is 30.0 Å². The van der Waals surface area contributed by atoms with Gasteiger partial charge in [0.1, 0.15) is 5.69 Å². The Morgan fingerprint density at radius 2 is 1.91 bits per heavy atom. The van der Waals surface area contributed by atoms with Gasteiger partial charge in [-0.25, -0.2) is 4.98 Å². The number of halogens is 3. The van der Waals surface area contributed by atoms with Crippen molar-refractivity contribution in [3.8, 4) is 0 Å². The molecule has 180 valence electrons. The summed E-state index contributed by atoms with van der Waals surface area (Å²) in [6.07, 6.45) is 0.0170. The zero-order valence-electron chi connectivity index (χ0n) is 19.1. The van der Waals surface area contributed by atoms with Crippen LogP contribution < -0.4 is 10.2 Å². The number of nitrogens with zero attached hydrogens (tertiary/aromatic N) is 4. The second-order valence-corrected chi connectivity index (χ2v) is 8.42. The van der Waals surface area contributed by atoms with E-state index >= 15 is 0 Å². The van der Waals surface area contributed by atoms with Crippen LogP contribution in [0.5, 0.6) is 0 Å². The number of alkyl halides is 3. The number of amides is 1. The Balaban J connectivity index is 1.44. The highest BCUT2D eigenvalue weighted by Crippen LogP contribution is 2.36. The van der Waals surface area contributed by atoms with Crippen molar-refractivity contribution >= 4 is 23.5 Å². The van der Waals surface area contributed by atoms with Crippen LogP contribution in [-0.2, 0) is 23.9 Å². The number of carbonyl (C=O) groups is 2. The Morgan fingerprint density at radius 1 is 1.18 bits per heavy atom. The smallest absolute Gasteiger partial charge is 0.367 e. The number of aromatic nitrogens is 2. The Bertz CT molecular complexity index is 1140. The molecule has 0 atom stereocenters. The van der Waals surface area contributed by atoms with Gasteiger partial charge in [0.05, 0.1) is 11.4 Å². The van der Waals surface area contributed by atoms with Crippen molar-refractivity contribution < 1.29 is 22.8 Å². The largest absolute Gasteiger partial charge is 0.435 e. The summed E-state index contributed by atoms with van der Waals surface area (Å²) in [5.41, 5.74) is 2.17. The lowest BCUT2D eigenvalue weighted by molar-refractivity contribution is -0.140. The molecule has 1 fully saturated rings. The van der Waals surface area contributed by atoms with E-state index in [1.165, 1.54) is 19.2 Å². The van der Waals surface area contributed by atoms with E-state index in [0.29, 0.717) is 45.6 Å². The summed E-state index contributed by atoms with van der Waals surface area (Å²) < 4.78 is 41.0. The lowest BCUT2D eigenvalue weighted by atomic mass is 9.92. The molecule has 2 aromatic rings. The van der Waals surface area contributed by atoms with Crippen molar-refractivity contribution in [3.63, 3.8) is 0 Å². The molecule has 0 spiro atoms. The van der Waals surface area contributed by atoms with Crippen molar-refractivity contribution in [2.24, 2.45) is 0 Å². The molecule has 2 aromatic heterocycles. The summed E-state index contributed by atoms with van der Waals surface area (Å²) in [4.78, 5) is 35.9. The molecule has 0 aromatic carbocycles. The van der Waals surface area contributed by atoms with Gasteiger partial charge in [0.2, 0.25) is 0 Å². The summed E-state index contributed by atoms with van der Waals surface area (Å²) in [7, 11) is 1.35. The number of hydrogen-bond donors (Lipinski definition) is 1. The third-order valence-electron chi connectivity index (χ3n) is 6.18. The molecule has 0 radical (unpaired) electrons. The average molecular weight is 473 g/mol. The predicted molar refractivity (Wildman–Crippen MR) is 121 cm³/mol. The Morgan fingerprint density at radius 3 is 2.56 bits per heavy atom. The van der Waals surface area contributed by atoms with Gasteiger partial charge in [-0.15, -0.1) is 0 Å². The van der Waals surface area contributed by atoms with Gasteiger partial charge < -0.3 is 10.2 Å². The monoisotopic (exact) mass is 473 g/mol. The highest BCUT2D eigenvalue weighted by Gasteiger charge is 2.38. The number of allylic oxidation sites excluding steroid dienone is 1. The number of anilines is 1. The molecule has 1 aliphatic carbocycles. The molecule has 1 saturated heterocycles. The van der Waals surface area contributed by atoms with Gasteiger partial charge in [-0.2, -0.15) is 13.2 Å². The second kappa shape index (κ2) is 9.54. The van der Waals surface area contributed by atoms with Gasteiger partial charge >= 0.3 is 6.18 Å². The molecular weight excluding hydrogens is 447 g/mol. The minimum atomic E-state index is -4.67. The van der Waals surface area contributed by atoms with E-state index in [9.17, 15) is 22.8 Å². The molecule has 3 heterocycles. The van der Waals surface area contributed by atoms with Crippen molar-refractivity contribution in [2.45, 2.75) is 32.5 Å². The van der Waals surface area contributed by atoms with Gasteiger partial charge in [0.25, 0.3) is 5.91 Å². The number of piperazine rings is 1. The SMILES string of the molecule is CCC1=Cc2ncc(CN3CCN(c4ccc(C(=O)NC)nc4C(F)(F)F)CC3)cc2CC1=O. The first-order valence-electron chi connectivity index (χ1n) is 11.2. The summed E-state index contributed by atoms with van der Waals surface area (Å²) >= 11 is 0. The fourth-order valence-electron chi connectivity index (χ4n) is 4.33. The summed E-state index contributed by atoms with van der Waals surface area (Å²) in [5.74, 6) is -0.539. The van der Waals surface area contributed by atoms with Crippen LogP contribution in [0.4, 0.5) is 18.9 Å². The zero-order valence-corrected chi connectivity index (χ0v) is 19.1. The Labute approximate surface area is 195 Å². The zero-order chi connectivity index (χ0) is 24.5. The van der Waals surface area contributed by atoms with Crippen molar-refractivity contribution in [1.82, 2.24) is 20.2 Å². The summed E-state index contributed by atoms with van der Waals surface area (Å²) in [5, 5.41) is 2.30. The molecule has 2 aliphatic rings. The van der Waals surface area contributed by atoms with Gasteiger partial charge in [-0.3, -0.25) is 19.5 Å². The molecule has 34 heavy (non-hydrogen) atoms. The van der Waals surface area contributed by atoms with Crippen LogP contribution in [0.3, 0.4) is 0 Å². The summed E-state index contributed by atoms with van der Waals surface area (Å²) in [6.45, 7) is 4.46. The molecule has 7 nitrogen and oxygen atoms in total. The maximum atomic E-state index is 13.7. The fourth-order valence-corrected chi connectivity index (χ4v) is 4.33. The number of hydrogen-bond acceptors (Lipinski definition) is 6. The maximum Gasteiger partial charge on any atom is 0.435 e. The van der Waals surface area contributed by atoms with Gasteiger partial charge in [-0.1, -0.05) is 13.0 Å². The van der Waals surface area contributed by atoms with Crippen molar-refractivity contribution in [1.29, 1.82) is 0 Å². The molecule has 1 amide bonds. The van der Waals surface area contributed by atoms with Crippen LogP contribution in [0.2, 0.25) is 0 Å². The number of carbonyl (C=O) groups excluding carboxylic acids is 2. The van der Waals surface area contributed by atoms with Crippen LogP contribution in [0.1, 0.15) is 46.3 Å². The number of ketones is 1. The number of rotatable bonds is 5. The third kappa shape index (κ3) is 4.96. The van der Waals surface area contributed by atoms with Gasteiger partial charge in [-0.05, 0) is 41.3 Å². The average Bonchev–Trinajstić information content (AvgIpc) is 2.82. The molecule has 0 saturated carbocycles. The number of nitrogens with one attached hydrogen (secondary N) is 1. The van der Waals surface area contributed by atoms with Crippen LogP contribution in [0.25, 0.3) is 6.08 Å². The Kier molecular flexibility index (Phi) is 6.70. The van der Waals surface area contributed by atoms with Crippen LogP contribution in [0, 0.1) is 0 Å². The fraction of sp³-hybridized carbons (Fsp3) is 0.417. The molecular formula is C24H26F3N5O2. The van der Waals surface area contributed by atoms with E-state index in [1.54, 1.807) is 11.1 Å². The van der Waals surface area contributed by atoms with E-state index in [4.69, 9.17) is 0 Å². The van der Waals surface area contributed by atoms with Crippen molar-refractivity contribution in [3.05, 3.63) is 58.2 Å². The van der Waals surface area contributed by atoms with Gasteiger partial charge in [0.15, 0.2) is 11.5 Å². The first-order valence-corrected chi connectivity index (χ1v) is 11.2. The van der Waals surface area contributed by atoms with Crippen LogP contribution >= 0.6 is 0 Å². The first kappa shape index (κ1) is 23.9. The van der Waals surface area contributed by atoms with E-state index < -0.39 is 17.8 Å². The molecule has 10 heteroatoms. The Hall–Kier alpha value is -3.27. The molecule has 1 N–H and O–H groups in total. The minimum Gasteiger partial charge on any atom is -0.367 e. The minimum absolute atomic E-state index is 0.0210. The number of fused-ring (bicyclic) bond motifs is 1. The topological polar surface area (TPSA) is 78.4 Å². The number of Topliss-reactive ketones (excluding diaryl/α,β-unsaturated/α-hetero) is 1. The highest BCUT2D eigenvalue weighted by atomic mass is 19.4.